The molecule has 2 aromatic carbocycles. The average molecular weight is 444 g/mol. The van der Waals surface area contributed by atoms with E-state index in [4.69, 9.17) is 11.6 Å². The van der Waals surface area contributed by atoms with Gasteiger partial charge in [-0.25, -0.2) is 4.68 Å². The lowest BCUT2D eigenvalue weighted by molar-refractivity contribution is 0.199. The van der Waals surface area contributed by atoms with Gasteiger partial charge in [0.15, 0.2) is 4.90 Å². The summed E-state index contributed by atoms with van der Waals surface area (Å²) in [6.07, 6.45) is 3.82. The van der Waals surface area contributed by atoms with Gasteiger partial charge >= 0.3 is 0 Å². The third kappa shape index (κ3) is 4.23. The molecule has 0 amide bonds. The first-order valence-electron chi connectivity index (χ1n) is 10.1. The molecule has 0 radical (unpaired) electrons. The Morgan fingerprint density at radius 3 is 2.30 bits per heavy atom. The molecule has 1 aliphatic heterocycles. The normalized spacial score (nSPS) is 16.7. The smallest absolute Gasteiger partial charge is 0.290 e. The summed E-state index contributed by atoms with van der Waals surface area (Å²) < 4.78 is 15.1. The van der Waals surface area contributed by atoms with Gasteiger partial charge in [-0.05, 0) is 72.9 Å². The zero-order valence-electron chi connectivity index (χ0n) is 17.3. The maximum atomic E-state index is 12.7. The molecule has 5 nitrogen and oxygen atoms in total. The first-order chi connectivity index (χ1) is 14.5. The molecule has 2 heterocycles. The van der Waals surface area contributed by atoms with Crippen LogP contribution in [0, 0.1) is 0 Å². The fourth-order valence-electron chi connectivity index (χ4n) is 4.21. The number of nitrogens with zero attached hydrogens (tertiary/aromatic N) is 3. The number of hydrogen-bond donors (Lipinski definition) is 0. The molecule has 1 atom stereocenters. The summed E-state index contributed by atoms with van der Waals surface area (Å²) in [6.45, 7) is 2.56. The Labute approximate surface area is 185 Å². The third-order valence-electron chi connectivity index (χ3n) is 5.97. The van der Waals surface area contributed by atoms with Gasteiger partial charge in [-0.3, -0.25) is 14.4 Å². The number of para-hydroxylation sites is 1. The number of benzene rings is 2. The van der Waals surface area contributed by atoms with Crippen molar-refractivity contribution in [2.45, 2.75) is 30.2 Å². The largest absolute Gasteiger partial charge is 0.612 e. The van der Waals surface area contributed by atoms with Gasteiger partial charge in [0.1, 0.15) is 11.3 Å². The Morgan fingerprint density at radius 1 is 1.07 bits per heavy atom. The quantitative estimate of drug-likeness (QED) is 0.561. The van der Waals surface area contributed by atoms with Crippen LogP contribution in [0.5, 0.6) is 0 Å². The van der Waals surface area contributed by atoms with Crippen LogP contribution in [0.2, 0.25) is 5.02 Å². The first kappa shape index (κ1) is 21.2. The lowest BCUT2D eigenvalue weighted by Crippen LogP contribution is -2.33. The molecule has 0 bridgehead atoms. The van der Waals surface area contributed by atoms with E-state index in [2.05, 4.69) is 17.0 Å². The monoisotopic (exact) mass is 443 g/mol. The van der Waals surface area contributed by atoms with E-state index in [1.54, 1.807) is 10.9 Å². The molecule has 7 heteroatoms. The van der Waals surface area contributed by atoms with Crippen molar-refractivity contribution in [2.24, 2.45) is 7.05 Å². The number of piperidine rings is 1. The summed E-state index contributed by atoms with van der Waals surface area (Å²) in [7, 11) is 1.89. The molecule has 1 aromatic heterocycles. The second-order valence-corrected chi connectivity index (χ2v) is 9.57. The van der Waals surface area contributed by atoms with Gasteiger partial charge in [0.2, 0.25) is 0 Å². The molecule has 0 spiro atoms. The van der Waals surface area contributed by atoms with Crippen LogP contribution in [-0.2, 0) is 24.8 Å². The van der Waals surface area contributed by atoms with Gasteiger partial charge in [-0.15, -0.1) is 0 Å². The molecule has 1 fully saturated rings. The number of hydrogen-bond acceptors (Lipinski definition) is 3. The van der Waals surface area contributed by atoms with Crippen LogP contribution >= 0.6 is 11.6 Å². The van der Waals surface area contributed by atoms with E-state index in [1.807, 2.05) is 54.2 Å². The molecule has 0 aliphatic carbocycles. The van der Waals surface area contributed by atoms with Crippen LogP contribution in [0.1, 0.15) is 30.0 Å². The maximum Gasteiger partial charge on any atom is 0.290 e. The van der Waals surface area contributed by atoms with E-state index in [-0.39, 0.29) is 5.56 Å². The van der Waals surface area contributed by atoms with E-state index < -0.39 is 11.2 Å². The Kier molecular flexibility index (Phi) is 6.39. The molecular weight excluding hydrogens is 418 g/mol. The van der Waals surface area contributed by atoms with Crippen molar-refractivity contribution < 1.29 is 4.55 Å². The van der Waals surface area contributed by atoms with Crippen molar-refractivity contribution in [1.29, 1.82) is 0 Å². The van der Waals surface area contributed by atoms with Gasteiger partial charge in [-0.1, -0.05) is 41.9 Å². The summed E-state index contributed by atoms with van der Waals surface area (Å²) in [5.74, 6) is 0.508. The second kappa shape index (κ2) is 9.02. The van der Waals surface area contributed by atoms with Crippen LogP contribution in [0.25, 0.3) is 5.69 Å². The lowest BCUT2D eigenvalue weighted by atomic mass is 9.89. The molecular formula is C23H26ClN3O2S. The standard InChI is InChI=1S/C23H26ClN3O2S/c1-25-21(22(24)23(28)27(25)19-6-4-3-5-7-19)16-26-14-12-18(13-15-26)17-8-10-20(11-9-17)30(2)29/h3-11,18H,12-16H2,1-2H3. The molecule has 1 saturated heterocycles. The van der Waals surface area contributed by atoms with E-state index in [1.165, 1.54) is 5.56 Å². The Morgan fingerprint density at radius 2 is 1.70 bits per heavy atom. The number of likely N-dealkylation sites (tertiary alicyclic amines) is 1. The minimum absolute atomic E-state index is 0.177. The highest BCUT2D eigenvalue weighted by atomic mass is 35.5. The van der Waals surface area contributed by atoms with Crippen molar-refractivity contribution >= 4 is 22.8 Å². The van der Waals surface area contributed by atoms with E-state index in [0.717, 1.165) is 42.2 Å². The van der Waals surface area contributed by atoms with E-state index in [0.29, 0.717) is 17.5 Å². The summed E-state index contributed by atoms with van der Waals surface area (Å²) in [5.41, 5.74) is 2.79. The zero-order valence-corrected chi connectivity index (χ0v) is 18.8. The predicted molar refractivity (Wildman–Crippen MR) is 122 cm³/mol. The SMILES string of the molecule is Cn1c(CN2CCC(c3ccc([S+](C)[O-])cc3)CC2)c(Cl)c(=O)n1-c1ccccc1. The second-order valence-electron chi connectivity index (χ2n) is 7.81. The van der Waals surface area contributed by atoms with Gasteiger partial charge in [0.25, 0.3) is 5.56 Å². The predicted octanol–water partition coefficient (Wildman–Crippen LogP) is 3.95. The Bertz CT molecular complexity index is 1050. The molecule has 0 N–H and O–H groups in total. The minimum Gasteiger partial charge on any atom is -0.612 e. The summed E-state index contributed by atoms with van der Waals surface area (Å²) >= 11 is 5.51. The fraction of sp³-hybridized carbons (Fsp3) is 0.348. The Hall–Kier alpha value is -1.99. The van der Waals surface area contributed by atoms with Gasteiger partial charge < -0.3 is 4.55 Å². The van der Waals surface area contributed by atoms with E-state index >= 15 is 0 Å². The molecule has 0 saturated carbocycles. The molecule has 158 valence electrons. The lowest BCUT2D eigenvalue weighted by Gasteiger charge is -2.32. The highest BCUT2D eigenvalue weighted by molar-refractivity contribution is 7.90. The van der Waals surface area contributed by atoms with Crippen LogP contribution in [-0.4, -0.2) is 38.2 Å². The van der Waals surface area contributed by atoms with Crippen LogP contribution in [0.15, 0.2) is 64.3 Å². The first-order valence-corrected chi connectivity index (χ1v) is 12.1. The van der Waals surface area contributed by atoms with Crippen LogP contribution in [0.3, 0.4) is 0 Å². The summed E-state index contributed by atoms with van der Waals surface area (Å²) in [6, 6.07) is 17.7. The molecule has 1 unspecified atom stereocenters. The van der Waals surface area contributed by atoms with Gasteiger partial charge in [0.05, 0.1) is 11.4 Å². The molecule has 30 heavy (non-hydrogen) atoms. The number of halogens is 1. The Balaban J connectivity index is 1.45. The molecule has 1 aliphatic rings. The van der Waals surface area contributed by atoms with Crippen LogP contribution in [0.4, 0.5) is 0 Å². The van der Waals surface area contributed by atoms with Crippen molar-refractivity contribution in [1.82, 2.24) is 14.3 Å². The van der Waals surface area contributed by atoms with Crippen LogP contribution < -0.4 is 5.56 Å². The average Bonchev–Trinajstić information content (AvgIpc) is 2.98. The van der Waals surface area contributed by atoms with Gasteiger partial charge in [0, 0.05) is 13.6 Å². The highest BCUT2D eigenvalue weighted by Crippen LogP contribution is 2.30. The number of aromatic nitrogens is 2. The molecule has 4 rings (SSSR count). The van der Waals surface area contributed by atoms with Crippen molar-refractivity contribution in [3.05, 3.63) is 81.2 Å². The zero-order chi connectivity index (χ0) is 21.3. The summed E-state index contributed by atoms with van der Waals surface area (Å²) in [5, 5.41) is 0.298. The van der Waals surface area contributed by atoms with Crippen molar-refractivity contribution in [3.8, 4) is 5.69 Å². The van der Waals surface area contributed by atoms with Gasteiger partial charge in [-0.2, -0.15) is 0 Å². The highest BCUT2D eigenvalue weighted by Gasteiger charge is 2.24. The van der Waals surface area contributed by atoms with Crippen molar-refractivity contribution in [2.75, 3.05) is 19.3 Å². The minimum atomic E-state index is -0.940. The fourth-order valence-corrected chi connectivity index (χ4v) is 5.00. The van der Waals surface area contributed by atoms with Crippen molar-refractivity contribution in [3.63, 3.8) is 0 Å². The van der Waals surface area contributed by atoms with E-state index in [9.17, 15) is 9.35 Å². The molecule has 3 aromatic rings. The number of rotatable bonds is 5. The topological polar surface area (TPSA) is 53.2 Å². The summed E-state index contributed by atoms with van der Waals surface area (Å²) in [4.78, 5) is 16.0. The third-order valence-corrected chi connectivity index (χ3v) is 7.29. The maximum absolute atomic E-state index is 12.7.